The molecule has 2 heterocycles. The summed E-state index contributed by atoms with van der Waals surface area (Å²) in [6, 6.07) is 5.42. The maximum Gasteiger partial charge on any atom is 0.130 e. The molecule has 0 amide bonds. The summed E-state index contributed by atoms with van der Waals surface area (Å²) in [5.74, 6) is 1.10. The van der Waals surface area contributed by atoms with E-state index in [1.807, 2.05) is 12.3 Å². The zero-order valence-corrected chi connectivity index (χ0v) is 8.87. The van der Waals surface area contributed by atoms with Gasteiger partial charge in [0.15, 0.2) is 0 Å². The van der Waals surface area contributed by atoms with Gasteiger partial charge in [-0.2, -0.15) is 0 Å². The summed E-state index contributed by atoms with van der Waals surface area (Å²) in [5, 5.41) is 7.04. The Balaban J connectivity index is 1.83. The van der Waals surface area contributed by atoms with Gasteiger partial charge in [0, 0.05) is 23.8 Å². The molecule has 1 saturated heterocycles. The van der Waals surface area contributed by atoms with E-state index < -0.39 is 0 Å². The van der Waals surface area contributed by atoms with E-state index in [-0.39, 0.29) is 0 Å². The summed E-state index contributed by atoms with van der Waals surface area (Å²) in [4.78, 5) is 4.45. The van der Waals surface area contributed by atoms with Crippen LogP contribution in [0, 0.1) is 0 Å². The van der Waals surface area contributed by atoms with Crippen molar-refractivity contribution < 1.29 is 0 Å². The van der Waals surface area contributed by atoms with E-state index in [0.717, 1.165) is 12.4 Å². The molecule has 1 atom stereocenters. The van der Waals surface area contributed by atoms with Gasteiger partial charge >= 0.3 is 0 Å². The molecule has 1 aliphatic carbocycles. The van der Waals surface area contributed by atoms with Crippen LogP contribution in [-0.2, 0) is 0 Å². The minimum atomic E-state index is 0.514. The minimum Gasteiger partial charge on any atom is -0.367 e. The van der Waals surface area contributed by atoms with Crippen LogP contribution >= 0.6 is 0 Å². The SMILES string of the molecule is c1cnc(NC2CC2)c([C@H]2CCCN2)c1. The molecule has 0 spiro atoms. The standard InChI is InChI=1S/C12H17N3/c1-3-10(11-4-2-7-13-11)12(14-8-1)15-9-5-6-9/h1,3,8-9,11,13H,2,4-7H2,(H,14,15)/t11-/m1/s1. The molecule has 3 nitrogen and oxygen atoms in total. The second kappa shape index (κ2) is 3.81. The number of pyridine rings is 1. The Labute approximate surface area is 90.3 Å². The smallest absolute Gasteiger partial charge is 0.130 e. The number of anilines is 1. The van der Waals surface area contributed by atoms with Crippen molar-refractivity contribution >= 4 is 5.82 Å². The minimum absolute atomic E-state index is 0.514. The molecule has 2 aliphatic rings. The quantitative estimate of drug-likeness (QED) is 0.789. The molecule has 0 radical (unpaired) electrons. The molecule has 3 rings (SSSR count). The first kappa shape index (κ1) is 9.16. The van der Waals surface area contributed by atoms with Gasteiger partial charge in [-0.15, -0.1) is 0 Å². The van der Waals surface area contributed by atoms with Crippen molar-refractivity contribution in [1.29, 1.82) is 0 Å². The third-order valence-corrected chi connectivity index (χ3v) is 3.19. The molecule has 80 valence electrons. The third kappa shape index (κ3) is 1.97. The van der Waals surface area contributed by atoms with Crippen molar-refractivity contribution in [1.82, 2.24) is 10.3 Å². The molecule has 0 aromatic carbocycles. The molecule has 1 saturated carbocycles. The second-order valence-corrected chi connectivity index (χ2v) is 4.51. The molecular formula is C12H17N3. The lowest BCUT2D eigenvalue weighted by Crippen LogP contribution is -2.16. The van der Waals surface area contributed by atoms with Crippen LogP contribution in [0.5, 0.6) is 0 Å². The van der Waals surface area contributed by atoms with Crippen LogP contribution in [0.25, 0.3) is 0 Å². The number of nitrogens with zero attached hydrogens (tertiary/aromatic N) is 1. The molecule has 0 bridgehead atoms. The van der Waals surface area contributed by atoms with Gasteiger partial charge in [-0.1, -0.05) is 6.07 Å². The van der Waals surface area contributed by atoms with Crippen LogP contribution in [0.3, 0.4) is 0 Å². The van der Waals surface area contributed by atoms with Gasteiger partial charge in [0.1, 0.15) is 5.82 Å². The maximum atomic E-state index is 4.45. The monoisotopic (exact) mass is 203 g/mol. The first-order valence-corrected chi connectivity index (χ1v) is 5.88. The van der Waals surface area contributed by atoms with Gasteiger partial charge in [-0.05, 0) is 38.3 Å². The number of rotatable bonds is 3. The Morgan fingerprint density at radius 3 is 3.00 bits per heavy atom. The predicted octanol–water partition coefficient (Wildman–Crippen LogP) is 2.08. The van der Waals surface area contributed by atoms with Gasteiger partial charge in [0.05, 0.1) is 0 Å². The first-order chi connectivity index (χ1) is 7.43. The second-order valence-electron chi connectivity index (χ2n) is 4.51. The van der Waals surface area contributed by atoms with Crippen LogP contribution in [-0.4, -0.2) is 17.6 Å². The molecule has 1 aromatic heterocycles. The topological polar surface area (TPSA) is 37.0 Å². The maximum absolute atomic E-state index is 4.45. The van der Waals surface area contributed by atoms with Gasteiger partial charge < -0.3 is 10.6 Å². The van der Waals surface area contributed by atoms with Crippen molar-refractivity contribution in [2.45, 2.75) is 37.8 Å². The van der Waals surface area contributed by atoms with E-state index in [0.29, 0.717) is 12.1 Å². The van der Waals surface area contributed by atoms with Crippen LogP contribution in [0.15, 0.2) is 18.3 Å². The van der Waals surface area contributed by atoms with Crippen LogP contribution in [0.4, 0.5) is 5.82 Å². The van der Waals surface area contributed by atoms with Crippen molar-refractivity contribution in [2.75, 3.05) is 11.9 Å². The highest BCUT2D eigenvalue weighted by Gasteiger charge is 2.25. The Bertz CT molecular complexity index is 340. The normalized spacial score (nSPS) is 25.5. The van der Waals surface area contributed by atoms with Gasteiger partial charge in [-0.25, -0.2) is 4.98 Å². The van der Waals surface area contributed by atoms with Crippen LogP contribution in [0.1, 0.15) is 37.3 Å². The molecule has 15 heavy (non-hydrogen) atoms. The number of aromatic nitrogens is 1. The van der Waals surface area contributed by atoms with E-state index in [4.69, 9.17) is 0 Å². The molecule has 1 aromatic rings. The fraction of sp³-hybridized carbons (Fsp3) is 0.583. The third-order valence-electron chi connectivity index (χ3n) is 3.19. The van der Waals surface area contributed by atoms with Gasteiger partial charge in [0.2, 0.25) is 0 Å². The van der Waals surface area contributed by atoms with Crippen LogP contribution in [0.2, 0.25) is 0 Å². The van der Waals surface area contributed by atoms with Crippen LogP contribution < -0.4 is 10.6 Å². The van der Waals surface area contributed by atoms with E-state index in [2.05, 4.69) is 21.7 Å². The van der Waals surface area contributed by atoms with Crippen molar-refractivity contribution in [3.05, 3.63) is 23.9 Å². The zero-order valence-electron chi connectivity index (χ0n) is 8.87. The number of hydrogen-bond donors (Lipinski definition) is 2. The summed E-state index contributed by atoms with van der Waals surface area (Å²) in [6.45, 7) is 1.14. The van der Waals surface area contributed by atoms with Crippen molar-refractivity contribution in [3.8, 4) is 0 Å². The molecule has 0 unspecified atom stereocenters. The van der Waals surface area contributed by atoms with E-state index >= 15 is 0 Å². The molecule has 2 N–H and O–H groups in total. The first-order valence-electron chi connectivity index (χ1n) is 5.88. The summed E-state index contributed by atoms with van der Waals surface area (Å²) in [5.41, 5.74) is 1.35. The van der Waals surface area contributed by atoms with Gasteiger partial charge in [-0.3, -0.25) is 0 Å². The molecule has 3 heteroatoms. The lowest BCUT2D eigenvalue weighted by molar-refractivity contribution is 0.646. The zero-order chi connectivity index (χ0) is 10.1. The largest absolute Gasteiger partial charge is 0.367 e. The summed E-state index contributed by atoms with van der Waals surface area (Å²) < 4.78 is 0. The Hall–Kier alpha value is -1.09. The number of nitrogens with one attached hydrogen (secondary N) is 2. The van der Waals surface area contributed by atoms with Crippen molar-refractivity contribution in [2.24, 2.45) is 0 Å². The Kier molecular flexibility index (Phi) is 2.33. The molecule has 1 aliphatic heterocycles. The highest BCUT2D eigenvalue weighted by atomic mass is 15.1. The van der Waals surface area contributed by atoms with Gasteiger partial charge in [0.25, 0.3) is 0 Å². The Morgan fingerprint density at radius 2 is 2.27 bits per heavy atom. The lowest BCUT2D eigenvalue weighted by Gasteiger charge is -2.15. The summed E-state index contributed by atoms with van der Waals surface area (Å²) >= 11 is 0. The summed E-state index contributed by atoms with van der Waals surface area (Å²) in [6.07, 6.45) is 7.00. The van der Waals surface area contributed by atoms with E-state index in [1.165, 1.54) is 31.2 Å². The summed E-state index contributed by atoms with van der Waals surface area (Å²) in [7, 11) is 0. The average molecular weight is 203 g/mol. The van der Waals surface area contributed by atoms with Crippen molar-refractivity contribution in [3.63, 3.8) is 0 Å². The van der Waals surface area contributed by atoms with E-state index in [9.17, 15) is 0 Å². The Morgan fingerprint density at radius 1 is 1.33 bits per heavy atom. The highest BCUT2D eigenvalue weighted by molar-refractivity contribution is 5.47. The highest BCUT2D eigenvalue weighted by Crippen LogP contribution is 2.31. The average Bonchev–Trinajstić information content (AvgIpc) is 2.93. The number of hydrogen-bond acceptors (Lipinski definition) is 3. The molecule has 2 fully saturated rings. The molecular weight excluding hydrogens is 186 g/mol. The lowest BCUT2D eigenvalue weighted by atomic mass is 10.1. The fourth-order valence-electron chi connectivity index (χ4n) is 2.19. The van der Waals surface area contributed by atoms with E-state index in [1.54, 1.807) is 0 Å². The predicted molar refractivity (Wildman–Crippen MR) is 60.9 cm³/mol. The fourth-order valence-corrected chi connectivity index (χ4v) is 2.19.